The topological polar surface area (TPSA) is 61.4 Å². The van der Waals surface area contributed by atoms with Crippen LogP contribution in [0.25, 0.3) is 28.0 Å². The Bertz CT molecular complexity index is 1170. The number of methoxy groups -OCH3 is 1. The monoisotopic (exact) mass is 360 g/mol. The van der Waals surface area contributed by atoms with Gasteiger partial charge in [0.15, 0.2) is 0 Å². The van der Waals surface area contributed by atoms with E-state index in [2.05, 4.69) is 5.10 Å². The first-order valence-electron chi connectivity index (χ1n) is 8.81. The van der Waals surface area contributed by atoms with Gasteiger partial charge in [0.25, 0.3) is 5.56 Å². The number of rotatable bonds is 4. The molecule has 0 fully saturated rings. The molecule has 0 unspecified atom stereocenters. The Morgan fingerprint density at radius 3 is 2.52 bits per heavy atom. The molecular weight excluding hydrogens is 340 g/mol. The van der Waals surface area contributed by atoms with Gasteiger partial charge in [-0.3, -0.25) is 4.79 Å². The van der Waals surface area contributed by atoms with Gasteiger partial charge in [0.05, 0.1) is 29.9 Å². The van der Waals surface area contributed by atoms with E-state index in [9.17, 15) is 4.79 Å². The fourth-order valence-corrected chi connectivity index (χ4v) is 3.21. The van der Waals surface area contributed by atoms with Crippen molar-refractivity contribution in [2.75, 3.05) is 7.11 Å². The highest BCUT2D eigenvalue weighted by molar-refractivity contribution is 5.92. The molecule has 0 aliphatic heterocycles. The molecule has 6 nitrogen and oxygen atoms in total. The summed E-state index contributed by atoms with van der Waals surface area (Å²) in [6.07, 6.45) is 1.90. The summed E-state index contributed by atoms with van der Waals surface area (Å²) >= 11 is 0. The summed E-state index contributed by atoms with van der Waals surface area (Å²) in [5.74, 6) is 0.735. The maximum atomic E-state index is 12.2. The minimum atomic E-state index is -0.121. The number of hydrogen-bond donors (Lipinski definition) is 0. The van der Waals surface area contributed by atoms with Crippen LogP contribution in [0.2, 0.25) is 0 Å². The summed E-state index contributed by atoms with van der Waals surface area (Å²) in [4.78, 5) is 12.2. The number of aromatic nitrogens is 4. The van der Waals surface area contributed by atoms with Crippen LogP contribution < -0.4 is 10.3 Å². The van der Waals surface area contributed by atoms with Crippen LogP contribution in [0.15, 0.2) is 65.6 Å². The van der Waals surface area contributed by atoms with E-state index in [-0.39, 0.29) is 11.6 Å². The molecule has 0 bridgehead atoms. The van der Waals surface area contributed by atoms with Crippen LogP contribution in [0.3, 0.4) is 0 Å². The lowest BCUT2D eigenvalue weighted by atomic mass is 10.0. The van der Waals surface area contributed by atoms with Gasteiger partial charge in [0.1, 0.15) is 11.4 Å². The van der Waals surface area contributed by atoms with Crippen molar-refractivity contribution in [1.82, 2.24) is 19.4 Å². The van der Waals surface area contributed by atoms with Gasteiger partial charge in [0, 0.05) is 17.8 Å². The largest absolute Gasteiger partial charge is 0.496 e. The summed E-state index contributed by atoms with van der Waals surface area (Å²) in [5, 5.41) is 9.39. The molecule has 0 saturated carbocycles. The summed E-state index contributed by atoms with van der Waals surface area (Å²) in [5.41, 5.74) is 4.01. The van der Waals surface area contributed by atoms with Crippen LogP contribution in [0, 0.1) is 0 Å². The fraction of sp³-hybridized carbons (Fsp3) is 0.190. The molecule has 136 valence electrons. The summed E-state index contributed by atoms with van der Waals surface area (Å²) in [7, 11) is 1.64. The average Bonchev–Trinajstić information content (AvgIpc) is 3.07. The summed E-state index contributed by atoms with van der Waals surface area (Å²) in [6.45, 7) is 3.88. The van der Waals surface area contributed by atoms with Gasteiger partial charge in [-0.05, 0) is 44.2 Å². The Morgan fingerprint density at radius 2 is 1.74 bits per heavy atom. The van der Waals surface area contributed by atoms with Crippen LogP contribution in [-0.4, -0.2) is 26.5 Å². The third-order valence-electron chi connectivity index (χ3n) is 4.47. The van der Waals surface area contributed by atoms with E-state index in [1.807, 2.05) is 67.0 Å². The predicted octanol–water partition coefficient (Wildman–Crippen LogP) is 3.81. The molecule has 0 spiro atoms. The molecule has 3 aromatic heterocycles. The highest BCUT2D eigenvalue weighted by Gasteiger charge is 2.20. The SMILES string of the molecule is COc1ccccc1-c1nn2ccccc2c1-c1ccc(=O)n(C(C)C)n1. The standard InChI is InChI=1S/C21H20N4O2/c1-14(2)25-19(26)12-11-16(22-25)20-17-9-6-7-13-24(17)23-21(20)15-8-4-5-10-18(15)27-3/h4-14H,1-3H3. The summed E-state index contributed by atoms with van der Waals surface area (Å²) < 4.78 is 8.86. The molecule has 0 atom stereocenters. The fourth-order valence-electron chi connectivity index (χ4n) is 3.21. The molecule has 4 aromatic rings. The van der Waals surface area contributed by atoms with Crippen LogP contribution in [0.5, 0.6) is 5.75 Å². The Balaban J connectivity index is 2.06. The van der Waals surface area contributed by atoms with Gasteiger partial charge in [-0.15, -0.1) is 0 Å². The van der Waals surface area contributed by atoms with Crippen LogP contribution in [0.4, 0.5) is 0 Å². The van der Waals surface area contributed by atoms with Crippen molar-refractivity contribution in [3.8, 4) is 28.3 Å². The number of benzene rings is 1. The van der Waals surface area contributed by atoms with Gasteiger partial charge >= 0.3 is 0 Å². The second kappa shape index (κ2) is 6.72. The van der Waals surface area contributed by atoms with Crippen LogP contribution in [0.1, 0.15) is 19.9 Å². The first-order valence-corrected chi connectivity index (χ1v) is 8.81. The summed E-state index contributed by atoms with van der Waals surface area (Å²) in [6, 6.07) is 16.9. The van der Waals surface area contributed by atoms with E-state index in [1.165, 1.54) is 4.68 Å². The molecule has 0 N–H and O–H groups in total. The Kier molecular flexibility index (Phi) is 4.24. The number of para-hydroxylation sites is 1. The smallest absolute Gasteiger partial charge is 0.267 e. The number of ether oxygens (including phenoxy) is 1. The van der Waals surface area contributed by atoms with E-state index in [4.69, 9.17) is 9.84 Å². The van der Waals surface area contributed by atoms with Crippen molar-refractivity contribution < 1.29 is 4.74 Å². The Labute approximate surface area is 156 Å². The molecule has 0 aliphatic rings. The minimum absolute atomic E-state index is 0.0333. The minimum Gasteiger partial charge on any atom is -0.496 e. The molecule has 0 amide bonds. The zero-order chi connectivity index (χ0) is 19.0. The molecule has 0 saturated heterocycles. The van der Waals surface area contributed by atoms with Crippen molar-refractivity contribution in [3.05, 3.63) is 71.1 Å². The van der Waals surface area contributed by atoms with Crippen molar-refractivity contribution in [2.24, 2.45) is 0 Å². The van der Waals surface area contributed by atoms with Gasteiger partial charge < -0.3 is 4.74 Å². The number of hydrogen-bond acceptors (Lipinski definition) is 4. The van der Waals surface area contributed by atoms with Gasteiger partial charge in [-0.2, -0.15) is 10.2 Å². The molecule has 3 heterocycles. The Morgan fingerprint density at radius 1 is 0.963 bits per heavy atom. The van der Waals surface area contributed by atoms with Gasteiger partial charge in [-0.25, -0.2) is 9.20 Å². The first-order chi connectivity index (χ1) is 13.1. The second-order valence-corrected chi connectivity index (χ2v) is 6.55. The molecule has 0 aliphatic carbocycles. The van der Waals surface area contributed by atoms with E-state index in [0.717, 1.165) is 28.1 Å². The van der Waals surface area contributed by atoms with E-state index in [1.54, 1.807) is 19.2 Å². The normalized spacial score (nSPS) is 11.3. The third-order valence-corrected chi connectivity index (χ3v) is 4.47. The average molecular weight is 360 g/mol. The van der Waals surface area contributed by atoms with Crippen molar-refractivity contribution in [1.29, 1.82) is 0 Å². The van der Waals surface area contributed by atoms with Gasteiger partial charge in [-0.1, -0.05) is 18.2 Å². The molecule has 0 radical (unpaired) electrons. The zero-order valence-corrected chi connectivity index (χ0v) is 15.5. The van der Waals surface area contributed by atoms with Gasteiger partial charge in [0.2, 0.25) is 0 Å². The molecule has 4 rings (SSSR count). The number of pyridine rings is 1. The third kappa shape index (κ3) is 2.89. The number of nitrogens with zero attached hydrogens (tertiary/aromatic N) is 4. The lowest BCUT2D eigenvalue weighted by Crippen LogP contribution is -2.23. The second-order valence-electron chi connectivity index (χ2n) is 6.55. The van der Waals surface area contributed by atoms with E-state index in [0.29, 0.717) is 5.69 Å². The first kappa shape index (κ1) is 17.0. The highest BCUT2D eigenvalue weighted by atomic mass is 16.5. The molecular formula is C21H20N4O2. The quantitative estimate of drug-likeness (QED) is 0.555. The van der Waals surface area contributed by atoms with E-state index < -0.39 is 0 Å². The van der Waals surface area contributed by atoms with Crippen LogP contribution >= 0.6 is 0 Å². The number of fused-ring (bicyclic) bond motifs is 1. The zero-order valence-electron chi connectivity index (χ0n) is 15.5. The van der Waals surface area contributed by atoms with E-state index >= 15 is 0 Å². The maximum absolute atomic E-state index is 12.2. The van der Waals surface area contributed by atoms with Crippen LogP contribution in [-0.2, 0) is 0 Å². The molecule has 27 heavy (non-hydrogen) atoms. The molecule has 6 heteroatoms. The predicted molar refractivity (Wildman–Crippen MR) is 105 cm³/mol. The lowest BCUT2D eigenvalue weighted by Gasteiger charge is -2.11. The molecule has 1 aromatic carbocycles. The van der Waals surface area contributed by atoms with Crippen molar-refractivity contribution >= 4 is 5.52 Å². The van der Waals surface area contributed by atoms with Crippen molar-refractivity contribution in [3.63, 3.8) is 0 Å². The maximum Gasteiger partial charge on any atom is 0.267 e. The Hall–Kier alpha value is -3.41. The van der Waals surface area contributed by atoms with Crippen molar-refractivity contribution in [2.45, 2.75) is 19.9 Å². The lowest BCUT2D eigenvalue weighted by molar-refractivity contribution is 0.416. The highest BCUT2D eigenvalue weighted by Crippen LogP contribution is 2.38.